The Morgan fingerprint density at radius 2 is 2.04 bits per heavy atom. The number of aromatic nitrogens is 3. The van der Waals surface area contributed by atoms with Crippen LogP contribution in [0.3, 0.4) is 0 Å². The molecule has 0 spiro atoms. The molecular formula is C15H13N3O5S. The van der Waals surface area contributed by atoms with Gasteiger partial charge in [0.05, 0.1) is 17.0 Å². The van der Waals surface area contributed by atoms with Crippen molar-refractivity contribution in [1.29, 1.82) is 0 Å². The molecule has 0 fully saturated rings. The summed E-state index contributed by atoms with van der Waals surface area (Å²) in [6, 6.07) is 8.02. The van der Waals surface area contributed by atoms with E-state index in [0.717, 1.165) is 10.8 Å². The molecule has 8 nitrogen and oxygen atoms in total. The van der Waals surface area contributed by atoms with Crippen molar-refractivity contribution in [2.45, 2.75) is 5.75 Å². The van der Waals surface area contributed by atoms with E-state index in [-0.39, 0.29) is 11.6 Å². The molecule has 2 aromatic heterocycles. The fourth-order valence-corrected chi connectivity index (χ4v) is 2.95. The first-order chi connectivity index (χ1) is 11.3. The van der Waals surface area contributed by atoms with Crippen LogP contribution in [0.15, 0.2) is 42.9 Å². The van der Waals surface area contributed by atoms with Crippen molar-refractivity contribution in [2.24, 2.45) is 0 Å². The third kappa shape index (κ3) is 3.51. The second-order valence-corrected chi connectivity index (χ2v) is 7.35. The monoisotopic (exact) mass is 347 g/mol. The Morgan fingerprint density at radius 1 is 1.25 bits per heavy atom. The van der Waals surface area contributed by atoms with Gasteiger partial charge in [0.15, 0.2) is 9.84 Å². The molecule has 124 valence electrons. The number of fused-ring (bicyclic) bond motifs is 1. The number of sulfone groups is 1. The lowest BCUT2D eigenvalue weighted by molar-refractivity contribution is 0.197. The molecule has 1 N–H and O–H groups in total. The maximum Gasteiger partial charge on any atom is 0.415 e. The van der Waals surface area contributed by atoms with Crippen LogP contribution in [-0.2, 0) is 15.6 Å². The van der Waals surface area contributed by atoms with E-state index < -0.39 is 15.9 Å². The van der Waals surface area contributed by atoms with Gasteiger partial charge in [0.25, 0.3) is 0 Å². The first-order valence-corrected chi connectivity index (χ1v) is 8.89. The molecular weight excluding hydrogens is 334 g/mol. The number of hydrogen-bond donors (Lipinski definition) is 1. The molecule has 0 aliphatic rings. The lowest BCUT2D eigenvalue weighted by Crippen LogP contribution is -2.05. The largest absolute Gasteiger partial charge is 0.464 e. The van der Waals surface area contributed by atoms with Crippen LogP contribution >= 0.6 is 0 Å². The van der Waals surface area contributed by atoms with Crippen LogP contribution in [-0.4, -0.2) is 40.4 Å². The highest BCUT2D eigenvalue weighted by molar-refractivity contribution is 7.89. The number of carboxylic acid groups (broad SMARTS) is 1. The van der Waals surface area contributed by atoms with Crippen molar-refractivity contribution in [3.8, 4) is 11.6 Å². The van der Waals surface area contributed by atoms with Crippen LogP contribution in [0.1, 0.15) is 5.69 Å². The van der Waals surface area contributed by atoms with Gasteiger partial charge in [0, 0.05) is 23.9 Å². The normalized spacial score (nSPS) is 11.5. The highest BCUT2D eigenvalue weighted by Gasteiger charge is 2.10. The van der Waals surface area contributed by atoms with Gasteiger partial charge >= 0.3 is 6.09 Å². The second kappa shape index (κ2) is 5.93. The predicted molar refractivity (Wildman–Crippen MR) is 86.0 cm³/mol. The minimum absolute atomic E-state index is 0.202. The van der Waals surface area contributed by atoms with Gasteiger partial charge in [-0.25, -0.2) is 23.2 Å². The van der Waals surface area contributed by atoms with Crippen LogP contribution in [0.5, 0.6) is 11.6 Å². The lowest BCUT2D eigenvalue weighted by Gasteiger charge is -2.06. The van der Waals surface area contributed by atoms with Crippen molar-refractivity contribution in [1.82, 2.24) is 14.5 Å². The topological polar surface area (TPSA) is 111 Å². The second-order valence-electron chi connectivity index (χ2n) is 5.21. The number of carbonyl (C=O) groups is 1. The van der Waals surface area contributed by atoms with Crippen LogP contribution in [0.25, 0.3) is 10.9 Å². The van der Waals surface area contributed by atoms with E-state index in [9.17, 15) is 13.2 Å². The quantitative estimate of drug-likeness (QED) is 0.770. The zero-order valence-electron chi connectivity index (χ0n) is 12.6. The molecule has 0 saturated heterocycles. The fourth-order valence-electron chi connectivity index (χ4n) is 2.25. The highest BCUT2D eigenvalue weighted by atomic mass is 32.2. The summed E-state index contributed by atoms with van der Waals surface area (Å²) in [7, 11) is -3.21. The smallest absolute Gasteiger partial charge is 0.415 e. The first kappa shape index (κ1) is 15.9. The molecule has 2 heterocycles. The third-order valence-corrected chi connectivity index (χ3v) is 4.02. The molecule has 0 unspecified atom stereocenters. The van der Waals surface area contributed by atoms with Gasteiger partial charge in [-0.15, -0.1) is 0 Å². The van der Waals surface area contributed by atoms with E-state index in [0.29, 0.717) is 22.3 Å². The average molecular weight is 347 g/mol. The summed E-state index contributed by atoms with van der Waals surface area (Å²) in [6.07, 6.45) is 2.73. The van der Waals surface area contributed by atoms with Crippen molar-refractivity contribution in [2.75, 3.05) is 6.26 Å². The van der Waals surface area contributed by atoms with E-state index >= 15 is 0 Å². The zero-order chi connectivity index (χ0) is 17.3. The summed E-state index contributed by atoms with van der Waals surface area (Å²) in [4.78, 5) is 18.9. The van der Waals surface area contributed by atoms with Crippen molar-refractivity contribution in [3.63, 3.8) is 0 Å². The van der Waals surface area contributed by atoms with E-state index in [1.165, 1.54) is 18.6 Å². The SMILES string of the molecule is CS(=O)(=O)Cc1cc(Oc2ccc3c(ccn3C(=O)O)c2)ncn1. The minimum Gasteiger partial charge on any atom is -0.464 e. The Labute approximate surface area is 137 Å². The van der Waals surface area contributed by atoms with Gasteiger partial charge in [0.2, 0.25) is 5.88 Å². The number of ether oxygens (including phenoxy) is 1. The lowest BCUT2D eigenvalue weighted by atomic mass is 10.2. The van der Waals surface area contributed by atoms with Gasteiger partial charge in [-0.05, 0) is 24.3 Å². The van der Waals surface area contributed by atoms with Crippen molar-refractivity contribution in [3.05, 3.63) is 48.5 Å². The predicted octanol–water partition coefficient (Wildman–Crippen LogP) is 2.29. The first-order valence-electron chi connectivity index (χ1n) is 6.83. The molecule has 1 aromatic carbocycles. The highest BCUT2D eigenvalue weighted by Crippen LogP contribution is 2.25. The Bertz CT molecular complexity index is 1030. The van der Waals surface area contributed by atoms with Crippen LogP contribution < -0.4 is 4.74 Å². The summed E-state index contributed by atoms with van der Waals surface area (Å²) >= 11 is 0. The fraction of sp³-hybridized carbons (Fsp3) is 0.133. The number of benzene rings is 1. The summed E-state index contributed by atoms with van der Waals surface area (Å²) < 4.78 is 29.4. The van der Waals surface area contributed by atoms with Gasteiger partial charge in [-0.2, -0.15) is 0 Å². The Kier molecular flexibility index (Phi) is 3.94. The molecule has 9 heteroatoms. The summed E-state index contributed by atoms with van der Waals surface area (Å²) in [6.45, 7) is 0. The molecule has 3 rings (SSSR count). The molecule has 0 aliphatic heterocycles. The maximum atomic E-state index is 11.3. The minimum atomic E-state index is -3.21. The molecule has 0 radical (unpaired) electrons. The summed E-state index contributed by atoms with van der Waals surface area (Å²) in [5.74, 6) is 0.460. The molecule has 0 bridgehead atoms. The molecule has 0 atom stereocenters. The molecule has 3 aromatic rings. The molecule has 24 heavy (non-hydrogen) atoms. The Morgan fingerprint density at radius 3 is 2.75 bits per heavy atom. The van der Waals surface area contributed by atoms with E-state index in [2.05, 4.69) is 9.97 Å². The van der Waals surface area contributed by atoms with Crippen LogP contribution in [0, 0.1) is 0 Å². The maximum absolute atomic E-state index is 11.3. The summed E-state index contributed by atoms with van der Waals surface area (Å²) in [5.41, 5.74) is 0.871. The zero-order valence-corrected chi connectivity index (χ0v) is 13.4. The van der Waals surface area contributed by atoms with E-state index in [1.807, 2.05) is 0 Å². The van der Waals surface area contributed by atoms with Gasteiger partial charge < -0.3 is 9.84 Å². The summed E-state index contributed by atoms with van der Waals surface area (Å²) in [5, 5.41) is 9.76. The Balaban J connectivity index is 1.87. The third-order valence-electron chi connectivity index (χ3n) is 3.20. The molecule has 0 amide bonds. The number of hydrogen-bond acceptors (Lipinski definition) is 6. The van der Waals surface area contributed by atoms with Crippen molar-refractivity contribution >= 4 is 26.8 Å². The molecule has 0 aliphatic carbocycles. The average Bonchev–Trinajstić information content (AvgIpc) is 2.89. The van der Waals surface area contributed by atoms with Gasteiger partial charge in [0.1, 0.15) is 12.1 Å². The standard InChI is InChI=1S/C15H13N3O5S/c1-24(21,22)8-11-7-14(17-9-16-11)23-12-2-3-13-10(6-12)4-5-18(13)15(19)20/h2-7,9H,8H2,1H3,(H,19,20). The van der Waals surface area contributed by atoms with Crippen LogP contribution in [0.2, 0.25) is 0 Å². The van der Waals surface area contributed by atoms with E-state index in [4.69, 9.17) is 9.84 Å². The van der Waals surface area contributed by atoms with Gasteiger partial charge in [-0.1, -0.05) is 0 Å². The molecule has 0 saturated carbocycles. The van der Waals surface area contributed by atoms with Crippen molar-refractivity contribution < 1.29 is 23.1 Å². The number of rotatable bonds is 4. The van der Waals surface area contributed by atoms with E-state index in [1.54, 1.807) is 24.3 Å². The van der Waals surface area contributed by atoms with Crippen LogP contribution in [0.4, 0.5) is 4.79 Å². The Hall–Kier alpha value is -2.94. The van der Waals surface area contributed by atoms with Gasteiger partial charge in [-0.3, -0.25) is 4.57 Å². The number of nitrogens with zero attached hydrogens (tertiary/aromatic N) is 3.